The summed E-state index contributed by atoms with van der Waals surface area (Å²) in [5, 5.41) is 12.1. The third-order valence-electron chi connectivity index (χ3n) is 4.16. The number of alkyl halides is 6. The number of aliphatic hydroxyl groups excluding tert-OH is 1. The Morgan fingerprint density at radius 2 is 1.50 bits per heavy atom. The fourth-order valence-corrected chi connectivity index (χ4v) is 2.59. The van der Waals surface area contributed by atoms with E-state index in [1.165, 1.54) is 6.07 Å². The molecule has 2 amide bonds. The molecule has 0 heterocycles. The zero-order chi connectivity index (χ0) is 22.7. The van der Waals surface area contributed by atoms with E-state index in [2.05, 4.69) is 5.32 Å². The van der Waals surface area contributed by atoms with Crippen LogP contribution in [0.2, 0.25) is 0 Å². The molecular weight excluding hydrogens is 418 g/mol. The number of hydrogen-bond acceptors (Lipinski definition) is 3. The van der Waals surface area contributed by atoms with Crippen molar-refractivity contribution in [2.45, 2.75) is 30.9 Å². The minimum Gasteiger partial charge on any atom is -0.378 e. The summed E-state index contributed by atoms with van der Waals surface area (Å²) in [7, 11) is 0. The number of amides is 2. The molecule has 0 bridgehead atoms. The minimum atomic E-state index is -4.61. The van der Waals surface area contributed by atoms with Gasteiger partial charge < -0.3 is 16.2 Å². The number of carbonyl (C=O) groups excluding carboxylic acids is 2. The molecule has 2 aromatic carbocycles. The SMILES string of the molecule is NC(=O)[C@H](Cc1cccc(C(F)(F)F)c1)NC(=O)[C@H](O)c1ccc(C(F)(F)F)cc1. The van der Waals surface area contributed by atoms with Gasteiger partial charge in [-0.1, -0.05) is 30.3 Å². The number of nitrogens with two attached hydrogens (primary N) is 1. The molecule has 4 N–H and O–H groups in total. The highest BCUT2D eigenvalue weighted by atomic mass is 19.4. The normalized spacial score (nSPS) is 14.1. The molecule has 2 rings (SSSR count). The molecule has 0 unspecified atom stereocenters. The first-order chi connectivity index (χ1) is 13.8. The van der Waals surface area contributed by atoms with E-state index in [4.69, 9.17) is 5.73 Å². The first kappa shape index (κ1) is 23.2. The molecule has 0 aromatic heterocycles. The number of benzene rings is 2. The zero-order valence-corrected chi connectivity index (χ0v) is 15.1. The lowest BCUT2D eigenvalue weighted by Gasteiger charge is -2.19. The van der Waals surface area contributed by atoms with Crippen LogP contribution in [0.5, 0.6) is 0 Å². The van der Waals surface area contributed by atoms with Crippen LogP contribution in [0.15, 0.2) is 48.5 Å². The summed E-state index contributed by atoms with van der Waals surface area (Å²) in [6.07, 6.45) is -11.5. The first-order valence-corrected chi connectivity index (χ1v) is 8.40. The van der Waals surface area contributed by atoms with Crippen molar-refractivity contribution < 1.29 is 41.0 Å². The Kier molecular flexibility index (Phi) is 6.76. The van der Waals surface area contributed by atoms with Crippen molar-refractivity contribution in [3.8, 4) is 0 Å². The van der Waals surface area contributed by atoms with Crippen molar-refractivity contribution in [1.29, 1.82) is 0 Å². The average Bonchev–Trinajstić information content (AvgIpc) is 2.65. The summed E-state index contributed by atoms with van der Waals surface area (Å²) >= 11 is 0. The van der Waals surface area contributed by atoms with Crippen LogP contribution in [0.25, 0.3) is 0 Å². The number of rotatable bonds is 6. The summed E-state index contributed by atoms with van der Waals surface area (Å²) in [5.74, 6) is -2.22. The molecule has 0 saturated heterocycles. The number of carbonyl (C=O) groups is 2. The molecule has 0 aliphatic rings. The van der Waals surface area contributed by atoms with Crippen molar-refractivity contribution in [3.05, 3.63) is 70.8 Å². The lowest BCUT2D eigenvalue weighted by molar-refractivity contribution is -0.138. The minimum absolute atomic E-state index is 0.0537. The molecule has 0 aliphatic heterocycles. The third-order valence-corrected chi connectivity index (χ3v) is 4.16. The molecule has 0 radical (unpaired) electrons. The second kappa shape index (κ2) is 8.74. The highest BCUT2D eigenvalue weighted by Crippen LogP contribution is 2.31. The Bertz CT molecular complexity index is 910. The van der Waals surface area contributed by atoms with Crippen LogP contribution in [0.3, 0.4) is 0 Å². The van der Waals surface area contributed by atoms with Crippen molar-refractivity contribution >= 4 is 11.8 Å². The molecule has 2 atom stereocenters. The van der Waals surface area contributed by atoms with Gasteiger partial charge in [0, 0.05) is 6.42 Å². The highest BCUT2D eigenvalue weighted by Gasteiger charge is 2.32. The fourth-order valence-electron chi connectivity index (χ4n) is 2.59. The van der Waals surface area contributed by atoms with E-state index in [9.17, 15) is 41.0 Å². The van der Waals surface area contributed by atoms with Gasteiger partial charge in [0.05, 0.1) is 11.1 Å². The second-order valence-electron chi connectivity index (χ2n) is 6.39. The van der Waals surface area contributed by atoms with Crippen molar-refractivity contribution in [2.24, 2.45) is 5.73 Å². The quantitative estimate of drug-likeness (QED) is 0.611. The monoisotopic (exact) mass is 434 g/mol. The predicted octanol–water partition coefficient (Wildman–Crippen LogP) is 2.97. The van der Waals surface area contributed by atoms with Crippen LogP contribution in [-0.2, 0) is 28.4 Å². The summed E-state index contributed by atoms with van der Waals surface area (Å²) in [6, 6.07) is 5.69. The molecule has 2 aromatic rings. The van der Waals surface area contributed by atoms with Gasteiger partial charge in [-0.3, -0.25) is 9.59 Å². The Hall–Kier alpha value is -3.08. The summed E-state index contributed by atoms with van der Waals surface area (Å²) < 4.78 is 76.2. The summed E-state index contributed by atoms with van der Waals surface area (Å²) in [4.78, 5) is 23.8. The highest BCUT2D eigenvalue weighted by molar-refractivity contribution is 5.89. The van der Waals surface area contributed by atoms with Crippen LogP contribution >= 0.6 is 0 Å². The van der Waals surface area contributed by atoms with E-state index in [0.29, 0.717) is 12.1 Å². The summed E-state index contributed by atoms with van der Waals surface area (Å²) in [6.45, 7) is 0. The van der Waals surface area contributed by atoms with Crippen molar-refractivity contribution in [3.63, 3.8) is 0 Å². The second-order valence-corrected chi connectivity index (χ2v) is 6.39. The van der Waals surface area contributed by atoms with Gasteiger partial charge in [0.1, 0.15) is 6.04 Å². The smallest absolute Gasteiger partial charge is 0.378 e. The maximum absolute atomic E-state index is 12.8. The molecular formula is C19H16F6N2O3. The standard InChI is InChI=1S/C19H16F6N2O3/c20-18(21,22)12-6-4-11(5-7-12)15(28)17(30)27-14(16(26)29)9-10-2-1-3-13(8-10)19(23,24)25/h1-8,14-15,28H,9H2,(H2,26,29)(H,27,30)/t14-,15+/m0/s1. The van der Waals surface area contributed by atoms with Gasteiger partial charge in [-0.25, -0.2) is 0 Å². The Morgan fingerprint density at radius 3 is 2.00 bits per heavy atom. The lowest BCUT2D eigenvalue weighted by Crippen LogP contribution is -2.47. The van der Waals surface area contributed by atoms with E-state index in [0.717, 1.165) is 30.3 Å². The Labute approximate surface area is 166 Å². The van der Waals surface area contributed by atoms with Crippen LogP contribution in [0.1, 0.15) is 28.4 Å². The van der Waals surface area contributed by atoms with E-state index in [1.807, 2.05) is 0 Å². The van der Waals surface area contributed by atoms with Gasteiger partial charge in [0.25, 0.3) is 5.91 Å². The topological polar surface area (TPSA) is 92.4 Å². The third kappa shape index (κ3) is 5.96. The first-order valence-electron chi connectivity index (χ1n) is 8.40. The average molecular weight is 434 g/mol. The maximum atomic E-state index is 12.8. The van der Waals surface area contributed by atoms with Crippen molar-refractivity contribution in [1.82, 2.24) is 5.32 Å². The molecule has 0 aliphatic carbocycles. The molecule has 30 heavy (non-hydrogen) atoms. The molecule has 11 heteroatoms. The van der Waals surface area contributed by atoms with E-state index >= 15 is 0 Å². The van der Waals surface area contributed by atoms with Gasteiger partial charge in [-0.15, -0.1) is 0 Å². The number of primary amides is 1. The number of halogens is 6. The van der Waals surface area contributed by atoms with Gasteiger partial charge in [0.2, 0.25) is 5.91 Å². The van der Waals surface area contributed by atoms with Crippen LogP contribution in [-0.4, -0.2) is 23.0 Å². The van der Waals surface area contributed by atoms with Gasteiger partial charge in [0.15, 0.2) is 6.10 Å². The maximum Gasteiger partial charge on any atom is 0.416 e. The molecule has 162 valence electrons. The molecule has 0 spiro atoms. The van der Waals surface area contributed by atoms with E-state index in [1.54, 1.807) is 0 Å². The Balaban J connectivity index is 2.13. The largest absolute Gasteiger partial charge is 0.416 e. The van der Waals surface area contributed by atoms with Gasteiger partial charge in [-0.05, 0) is 29.3 Å². The van der Waals surface area contributed by atoms with E-state index < -0.39 is 47.4 Å². The van der Waals surface area contributed by atoms with Crippen LogP contribution in [0.4, 0.5) is 26.3 Å². The van der Waals surface area contributed by atoms with Crippen LogP contribution in [0, 0.1) is 0 Å². The number of aliphatic hydroxyl groups is 1. The molecule has 0 saturated carbocycles. The number of nitrogens with one attached hydrogen (secondary N) is 1. The zero-order valence-electron chi connectivity index (χ0n) is 15.1. The lowest BCUT2D eigenvalue weighted by atomic mass is 10.0. The predicted molar refractivity (Wildman–Crippen MR) is 92.7 cm³/mol. The van der Waals surface area contributed by atoms with Gasteiger partial charge in [-0.2, -0.15) is 26.3 Å². The van der Waals surface area contributed by atoms with E-state index in [-0.39, 0.29) is 17.5 Å². The summed E-state index contributed by atoms with van der Waals surface area (Å²) in [5.41, 5.74) is 3.11. The number of hydrogen-bond donors (Lipinski definition) is 3. The van der Waals surface area contributed by atoms with Gasteiger partial charge >= 0.3 is 12.4 Å². The van der Waals surface area contributed by atoms with Crippen LogP contribution < -0.4 is 11.1 Å². The Morgan fingerprint density at radius 1 is 0.933 bits per heavy atom. The molecule has 0 fully saturated rings. The van der Waals surface area contributed by atoms with Crippen molar-refractivity contribution in [2.75, 3.05) is 0 Å². The fraction of sp³-hybridized carbons (Fsp3) is 0.263. The molecule has 5 nitrogen and oxygen atoms in total.